The number of alkyl halides is 3. The molecule has 2 aliphatic heterocycles. The van der Waals surface area contributed by atoms with E-state index in [0.717, 1.165) is 16.4 Å². The molecule has 132 valence electrons. The van der Waals surface area contributed by atoms with Crippen molar-refractivity contribution in [3.05, 3.63) is 29.3 Å². The molecule has 5 nitrogen and oxygen atoms in total. The zero-order valence-corrected chi connectivity index (χ0v) is 13.6. The Morgan fingerprint density at radius 1 is 1.29 bits per heavy atom. The lowest BCUT2D eigenvalue weighted by Gasteiger charge is -2.23. The van der Waals surface area contributed by atoms with E-state index in [1.54, 1.807) is 0 Å². The molecule has 0 aliphatic carbocycles. The highest BCUT2D eigenvalue weighted by molar-refractivity contribution is 7.89. The maximum atomic E-state index is 13.0. The normalized spacial score (nSPS) is 27.6. The first-order valence-electron chi connectivity index (χ1n) is 7.47. The third-order valence-corrected chi connectivity index (χ3v) is 6.85. The van der Waals surface area contributed by atoms with Gasteiger partial charge in [0.05, 0.1) is 16.4 Å². The van der Waals surface area contributed by atoms with Gasteiger partial charge in [0, 0.05) is 12.1 Å². The van der Waals surface area contributed by atoms with Crippen molar-refractivity contribution in [3.8, 4) is 0 Å². The fraction of sp³-hybridized carbons (Fsp3) is 0.533. The average Bonchev–Trinajstić information content (AvgIpc) is 3.04. The minimum Gasteiger partial charge on any atom is -0.481 e. The Kier molecular flexibility index (Phi) is 3.91. The predicted molar refractivity (Wildman–Crippen MR) is 77.8 cm³/mol. The summed E-state index contributed by atoms with van der Waals surface area (Å²) in [6.07, 6.45) is -3.50. The van der Waals surface area contributed by atoms with Crippen LogP contribution in [0.3, 0.4) is 0 Å². The second kappa shape index (κ2) is 5.45. The highest BCUT2D eigenvalue weighted by atomic mass is 32.2. The molecule has 3 unspecified atom stereocenters. The summed E-state index contributed by atoms with van der Waals surface area (Å²) in [7, 11) is -4.17. The molecule has 1 N–H and O–H groups in total. The van der Waals surface area contributed by atoms with Gasteiger partial charge in [0.25, 0.3) is 0 Å². The van der Waals surface area contributed by atoms with Crippen molar-refractivity contribution in [2.75, 3.05) is 0 Å². The van der Waals surface area contributed by atoms with E-state index < -0.39 is 50.6 Å². The number of hydrogen-bond donors (Lipinski definition) is 1. The van der Waals surface area contributed by atoms with Crippen LogP contribution in [-0.4, -0.2) is 35.9 Å². The van der Waals surface area contributed by atoms with Crippen molar-refractivity contribution in [2.24, 2.45) is 5.92 Å². The van der Waals surface area contributed by atoms with Gasteiger partial charge in [-0.25, -0.2) is 8.42 Å². The molecule has 0 aromatic heterocycles. The standard InChI is InChI=1S/C15H16F3NO4S/c1-8-2-4-10(7-12(8)15(16,17)18)24(22,23)19-9-3-5-13(19)11(6-9)14(20)21/h2,4,7,9,11,13H,3,5-6H2,1H3,(H,20,21). The van der Waals surface area contributed by atoms with Crippen LogP contribution in [0.5, 0.6) is 0 Å². The van der Waals surface area contributed by atoms with Gasteiger partial charge in [-0.1, -0.05) is 6.07 Å². The molecule has 2 aliphatic rings. The van der Waals surface area contributed by atoms with E-state index in [1.165, 1.54) is 6.92 Å². The summed E-state index contributed by atoms with van der Waals surface area (Å²) in [5.41, 5.74) is -1.06. The van der Waals surface area contributed by atoms with Crippen molar-refractivity contribution < 1.29 is 31.5 Å². The van der Waals surface area contributed by atoms with E-state index in [9.17, 15) is 31.5 Å². The number of hydrogen-bond acceptors (Lipinski definition) is 3. The number of carboxylic acids is 1. The van der Waals surface area contributed by atoms with Crippen LogP contribution in [0.1, 0.15) is 30.4 Å². The van der Waals surface area contributed by atoms with Gasteiger partial charge >= 0.3 is 12.1 Å². The number of fused-ring (bicyclic) bond motifs is 2. The van der Waals surface area contributed by atoms with Crippen molar-refractivity contribution in [1.82, 2.24) is 4.31 Å². The molecule has 0 spiro atoms. The summed E-state index contributed by atoms with van der Waals surface area (Å²) in [5, 5.41) is 9.21. The van der Waals surface area contributed by atoms with Crippen LogP contribution in [0.25, 0.3) is 0 Å². The molecule has 2 fully saturated rings. The van der Waals surface area contributed by atoms with Crippen molar-refractivity contribution in [3.63, 3.8) is 0 Å². The smallest absolute Gasteiger partial charge is 0.416 e. The van der Waals surface area contributed by atoms with Gasteiger partial charge in [-0.15, -0.1) is 0 Å². The number of aryl methyl sites for hydroxylation is 1. The summed E-state index contributed by atoms with van der Waals surface area (Å²) in [6, 6.07) is 1.76. The van der Waals surface area contributed by atoms with Crippen molar-refractivity contribution in [2.45, 2.75) is 49.3 Å². The first-order valence-corrected chi connectivity index (χ1v) is 8.91. The van der Waals surface area contributed by atoms with Crippen LogP contribution in [0.2, 0.25) is 0 Å². The number of rotatable bonds is 3. The van der Waals surface area contributed by atoms with Crippen LogP contribution >= 0.6 is 0 Å². The summed E-state index contributed by atoms with van der Waals surface area (Å²) >= 11 is 0. The molecule has 2 saturated heterocycles. The second-order valence-corrected chi connectivity index (χ2v) is 8.13. The van der Waals surface area contributed by atoms with Gasteiger partial charge in [-0.2, -0.15) is 17.5 Å². The number of aliphatic carboxylic acids is 1. The summed E-state index contributed by atoms with van der Waals surface area (Å²) in [4.78, 5) is 10.8. The monoisotopic (exact) mass is 363 g/mol. The fourth-order valence-electron chi connectivity index (χ4n) is 3.77. The Bertz CT molecular complexity index is 790. The third-order valence-electron chi connectivity index (χ3n) is 4.88. The first kappa shape index (κ1) is 17.2. The molecular formula is C15H16F3NO4S. The van der Waals surface area contributed by atoms with E-state index in [1.807, 2.05) is 0 Å². The Labute approximate surface area is 137 Å². The molecular weight excluding hydrogens is 347 g/mol. The molecule has 9 heteroatoms. The zero-order chi connectivity index (χ0) is 17.9. The molecule has 2 bridgehead atoms. The SMILES string of the molecule is Cc1ccc(S(=O)(=O)N2C3CCC2C(C(=O)O)C3)cc1C(F)(F)F. The van der Waals surface area contributed by atoms with E-state index in [2.05, 4.69) is 0 Å². The van der Waals surface area contributed by atoms with E-state index in [4.69, 9.17) is 0 Å². The third kappa shape index (κ3) is 2.59. The molecule has 24 heavy (non-hydrogen) atoms. The highest BCUT2D eigenvalue weighted by Crippen LogP contribution is 2.45. The van der Waals surface area contributed by atoms with E-state index >= 15 is 0 Å². The molecule has 1 aromatic rings. The van der Waals surface area contributed by atoms with Gasteiger partial charge in [0.1, 0.15) is 0 Å². The minimum atomic E-state index is -4.65. The maximum Gasteiger partial charge on any atom is 0.416 e. The number of benzene rings is 1. The lowest BCUT2D eigenvalue weighted by molar-refractivity contribution is -0.142. The van der Waals surface area contributed by atoms with Gasteiger partial charge < -0.3 is 5.11 Å². The maximum absolute atomic E-state index is 13.0. The number of nitrogens with zero attached hydrogens (tertiary/aromatic N) is 1. The Hall–Kier alpha value is -1.61. The Morgan fingerprint density at radius 2 is 1.96 bits per heavy atom. The number of carboxylic acid groups (broad SMARTS) is 1. The summed E-state index contributed by atoms with van der Waals surface area (Å²) in [6.45, 7) is 1.26. The predicted octanol–water partition coefficient (Wildman–Crippen LogP) is 2.64. The second-order valence-electron chi connectivity index (χ2n) is 6.29. The van der Waals surface area contributed by atoms with Gasteiger partial charge in [0.15, 0.2) is 0 Å². The van der Waals surface area contributed by atoms with Crippen molar-refractivity contribution >= 4 is 16.0 Å². The lowest BCUT2D eigenvalue weighted by Crippen LogP contribution is -2.38. The van der Waals surface area contributed by atoms with Crippen LogP contribution in [-0.2, 0) is 21.0 Å². The Balaban J connectivity index is 2.02. The van der Waals surface area contributed by atoms with Gasteiger partial charge in [0.2, 0.25) is 10.0 Å². The number of carbonyl (C=O) groups is 1. The van der Waals surface area contributed by atoms with Gasteiger partial charge in [-0.3, -0.25) is 4.79 Å². The topological polar surface area (TPSA) is 74.7 Å². The molecule has 0 radical (unpaired) electrons. The lowest BCUT2D eigenvalue weighted by atomic mass is 9.89. The molecule has 3 atom stereocenters. The van der Waals surface area contributed by atoms with Crippen molar-refractivity contribution in [1.29, 1.82) is 0 Å². The molecule has 1 aromatic carbocycles. The quantitative estimate of drug-likeness (QED) is 0.896. The Morgan fingerprint density at radius 3 is 2.50 bits per heavy atom. The largest absolute Gasteiger partial charge is 0.481 e. The summed E-state index contributed by atoms with van der Waals surface area (Å²) < 4.78 is 65.9. The highest BCUT2D eigenvalue weighted by Gasteiger charge is 2.54. The number of halogens is 3. The van der Waals surface area contributed by atoms with E-state index in [0.29, 0.717) is 18.9 Å². The average molecular weight is 363 g/mol. The molecule has 0 saturated carbocycles. The molecule has 3 rings (SSSR count). The van der Waals surface area contributed by atoms with Gasteiger partial charge in [-0.05, 0) is 43.9 Å². The van der Waals surface area contributed by atoms with Crippen LogP contribution in [0, 0.1) is 12.8 Å². The first-order chi connectivity index (χ1) is 11.0. The minimum absolute atomic E-state index is 0.0609. The number of sulfonamides is 1. The summed E-state index contributed by atoms with van der Waals surface area (Å²) in [5.74, 6) is -1.87. The van der Waals surface area contributed by atoms with Crippen LogP contribution in [0.4, 0.5) is 13.2 Å². The molecule has 2 heterocycles. The fourth-order valence-corrected chi connectivity index (χ4v) is 5.71. The van der Waals surface area contributed by atoms with Crippen LogP contribution < -0.4 is 0 Å². The van der Waals surface area contributed by atoms with E-state index in [-0.39, 0.29) is 12.0 Å². The zero-order valence-electron chi connectivity index (χ0n) is 12.7. The molecule has 0 amide bonds. The van der Waals surface area contributed by atoms with Crippen LogP contribution in [0.15, 0.2) is 23.1 Å².